The lowest BCUT2D eigenvalue weighted by Gasteiger charge is -2.32. The smallest absolute Gasteiger partial charge is 0.00201 e. The van der Waals surface area contributed by atoms with Crippen LogP contribution >= 0.6 is 0 Å². The van der Waals surface area contributed by atoms with Gasteiger partial charge in [0, 0.05) is 13.1 Å². The molecule has 2 heteroatoms. The lowest BCUT2D eigenvalue weighted by Crippen LogP contribution is -2.38. The fourth-order valence-electron chi connectivity index (χ4n) is 3.13. The SMILES string of the molecule is CC(C)(CNCC1(CN)CC1)C1CCCC1. The zero-order valence-electron chi connectivity index (χ0n) is 11.0. The Morgan fingerprint density at radius 1 is 1.25 bits per heavy atom. The van der Waals surface area contributed by atoms with E-state index in [0.717, 1.165) is 19.0 Å². The van der Waals surface area contributed by atoms with Crippen LogP contribution in [0.15, 0.2) is 0 Å². The van der Waals surface area contributed by atoms with E-state index in [-0.39, 0.29) is 0 Å². The van der Waals surface area contributed by atoms with Crippen LogP contribution in [0.3, 0.4) is 0 Å². The zero-order chi connectivity index (χ0) is 11.6. The summed E-state index contributed by atoms with van der Waals surface area (Å²) >= 11 is 0. The molecule has 0 radical (unpaired) electrons. The van der Waals surface area contributed by atoms with Crippen molar-refractivity contribution in [3.05, 3.63) is 0 Å². The van der Waals surface area contributed by atoms with Gasteiger partial charge in [-0.1, -0.05) is 26.7 Å². The van der Waals surface area contributed by atoms with Gasteiger partial charge in [-0.2, -0.15) is 0 Å². The van der Waals surface area contributed by atoms with E-state index < -0.39 is 0 Å². The molecule has 0 aromatic rings. The first-order valence-electron chi connectivity index (χ1n) is 6.99. The number of hydrogen-bond donors (Lipinski definition) is 2. The summed E-state index contributed by atoms with van der Waals surface area (Å²) in [5, 5.41) is 3.68. The molecule has 0 bridgehead atoms. The van der Waals surface area contributed by atoms with E-state index in [1.165, 1.54) is 45.1 Å². The molecule has 2 rings (SSSR count). The van der Waals surface area contributed by atoms with Crippen LogP contribution in [-0.2, 0) is 0 Å². The van der Waals surface area contributed by atoms with Crippen LogP contribution in [0.4, 0.5) is 0 Å². The van der Waals surface area contributed by atoms with E-state index in [2.05, 4.69) is 19.2 Å². The van der Waals surface area contributed by atoms with Crippen molar-refractivity contribution in [1.82, 2.24) is 5.32 Å². The minimum Gasteiger partial charge on any atom is -0.330 e. The second-order valence-corrected chi connectivity index (χ2v) is 6.78. The Hall–Kier alpha value is -0.0800. The lowest BCUT2D eigenvalue weighted by atomic mass is 9.77. The monoisotopic (exact) mass is 224 g/mol. The molecule has 2 aliphatic carbocycles. The molecule has 0 aliphatic heterocycles. The van der Waals surface area contributed by atoms with Crippen molar-refractivity contribution in [3.63, 3.8) is 0 Å². The van der Waals surface area contributed by atoms with E-state index in [4.69, 9.17) is 5.73 Å². The van der Waals surface area contributed by atoms with Crippen LogP contribution in [0.25, 0.3) is 0 Å². The molecule has 2 nitrogen and oxygen atoms in total. The second kappa shape index (κ2) is 4.66. The van der Waals surface area contributed by atoms with Gasteiger partial charge in [0.05, 0.1) is 0 Å². The summed E-state index contributed by atoms with van der Waals surface area (Å²) in [7, 11) is 0. The Balaban J connectivity index is 1.71. The fourth-order valence-corrected chi connectivity index (χ4v) is 3.13. The first kappa shape index (κ1) is 12.4. The minimum absolute atomic E-state index is 0.473. The Morgan fingerprint density at radius 3 is 2.38 bits per heavy atom. The molecule has 0 atom stereocenters. The topological polar surface area (TPSA) is 38.0 Å². The fraction of sp³-hybridized carbons (Fsp3) is 1.00. The van der Waals surface area contributed by atoms with Gasteiger partial charge >= 0.3 is 0 Å². The number of hydrogen-bond acceptors (Lipinski definition) is 2. The Kier molecular flexibility index (Phi) is 3.60. The molecule has 94 valence electrons. The lowest BCUT2D eigenvalue weighted by molar-refractivity contribution is 0.203. The van der Waals surface area contributed by atoms with Crippen LogP contribution in [-0.4, -0.2) is 19.6 Å². The Labute approximate surface area is 100 Å². The van der Waals surface area contributed by atoms with Crippen molar-refractivity contribution < 1.29 is 0 Å². The molecule has 0 unspecified atom stereocenters. The van der Waals surface area contributed by atoms with Crippen molar-refractivity contribution in [1.29, 1.82) is 0 Å². The first-order chi connectivity index (χ1) is 7.58. The summed E-state index contributed by atoms with van der Waals surface area (Å²) in [5.74, 6) is 0.938. The summed E-state index contributed by atoms with van der Waals surface area (Å²) in [6.07, 6.45) is 8.44. The normalized spacial score (nSPS) is 24.9. The third-order valence-corrected chi connectivity index (χ3v) is 4.93. The van der Waals surface area contributed by atoms with Crippen molar-refractivity contribution in [2.75, 3.05) is 19.6 Å². The van der Waals surface area contributed by atoms with E-state index in [0.29, 0.717) is 10.8 Å². The quantitative estimate of drug-likeness (QED) is 0.727. The van der Waals surface area contributed by atoms with E-state index in [1.54, 1.807) is 0 Å². The summed E-state index contributed by atoms with van der Waals surface area (Å²) in [6, 6.07) is 0. The molecule has 2 fully saturated rings. The molecular formula is C14H28N2. The molecule has 0 aromatic heterocycles. The highest BCUT2D eigenvalue weighted by Crippen LogP contribution is 2.44. The van der Waals surface area contributed by atoms with Gasteiger partial charge in [0.25, 0.3) is 0 Å². The molecular weight excluding hydrogens is 196 g/mol. The standard InChI is InChI=1S/C14H28N2/c1-13(2,12-5-3-4-6-12)10-16-11-14(9-15)7-8-14/h12,16H,3-11,15H2,1-2H3. The highest BCUT2D eigenvalue weighted by atomic mass is 14.9. The van der Waals surface area contributed by atoms with Gasteiger partial charge in [0.1, 0.15) is 0 Å². The van der Waals surface area contributed by atoms with Crippen molar-refractivity contribution in [2.24, 2.45) is 22.5 Å². The van der Waals surface area contributed by atoms with E-state index >= 15 is 0 Å². The van der Waals surface area contributed by atoms with Gasteiger partial charge in [-0.05, 0) is 49.0 Å². The van der Waals surface area contributed by atoms with Gasteiger partial charge < -0.3 is 11.1 Å². The van der Waals surface area contributed by atoms with Crippen molar-refractivity contribution >= 4 is 0 Å². The Bertz CT molecular complexity index is 225. The van der Waals surface area contributed by atoms with Crippen molar-refractivity contribution in [2.45, 2.75) is 52.4 Å². The van der Waals surface area contributed by atoms with Gasteiger partial charge in [-0.15, -0.1) is 0 Å². The van der Waals surface area contributed by atoms with Crippen LogP contribution in [0.5, 0.6) is 0 Å². The molecule has 0 aromatic carbocycles. The summed E-state index contributed by atoms with van der Waals surface area (Å²) in [5.41, 5.74) is 6.75. The summed E-state index contributed by atoms with van der Waals surface area (Å²) in [6.45, 7) is 8.03. The third kappa shape index (κ3) is 2.78. The average molecular weight is 224 g/mol. The average Bonchev–Trinajstić information content (AvgIpc) is 2.81. The van der Waals surface area contributed by atoms with Crippen LogP contribution in [0, 0.1) is 16.7 Å². The number of rotatable bonds is 6. The molecule has 0 spiro atoms. The van der Waals surface area contributed by atoms with E-state index in [1.807, 2.05) is 0 Å². The summed E-state index contributed by atoms with van der Waals surface area (Å²) in [4.78, 5) is 0. The maximum Gasteiger partial charge on any atom is 0.00201 e. The molecule has 0 heterocycles. The van der Waals surface area contributed by atoms with Crippen LogP contribution < -0.4 is 11.1 Å². The zero-order valence-corrected chi connectivity index (χ0v) is 11.0. The minimum atomic E-state index is 0.473. The number of nitrogens with one attached hydrogen (secondary N) is 1. The second-order valence-electron chi connectivity index (χ2n) is 6.78. The van der Waals surface area contributed by atoms with E-state index in [9.17, 15) is 0 Å². The van der Waals surface area contributed by atoms with Gasteiger partial charge in [-0.25, -0.2) is 0 Å². The first-order valence-corrected chi connectivity index (χ1v) is 6.99. The van der Waals surface area contributed by atoms with Gasteiger partial charge in [0.15, 0.2) is 0 Å². The third-order valence-electron chi connectivity index (χ3n) is 4.93. The predicted molar refractivity (Wildman–Crippen MR) is 69.3 cm³/mol. The predicted octanol–water partition coefficient (Wildman–Crippen LogP) is 2.53. The largest absolute Gasteiger partial charge is 0.330 e. The summed E-state index contributed by atoms with van der Waals surface area (Å²) < 4.78 is 0. The van der Waals surface area contributed by atoms with Gasteiger partial charge in [0.2, 0.25) is 0 Å². The maximum absolute atomic E-state index is 5.80. The maximum atomic E-state index is 5.80. The molecule has 0 amide bonds. The highest BCUT2D eigenvalue weighted by molar-refractivity contribution is 4.96. The molecule has 0 saturated heterocycles. The van der Waals surface area contributed by atoms with Crippen molar-refractivity contribution in [3.8, 4) is 0 Å². The molecule has 2 aliphatic rings. The molecule has 16 heavy (non-hydrogen) atoms. The Morgan fingerprint density at radius 2 is 1.88 bits per heavy atom. The molecule has 3 N–H and O–H groups in total. The van der Waals surface area contributed by atoms with Crippen LogP contribution in [0.1, 0.15) is 52.4 Å². The number of nitrogens with two attached hydrogens (primary N) is 1. The highest BCUT2D eigenvalue weighted by Gasteiger charge is 2.41. The van der Waals surface area contributed by atoms with Crippen LogP contribution in [0.2, 0.25) is 0 Å². The molecule has 2 saturated carbocycles. The van der Waals surface area contributed by atoms with Gasteiger partial charge in [-0.3, -0.25) is 0 Å².